The van der Waals surface area contributed by atoms with Crippen molar-refractivity contribution in [3.8, 4) is 17.2 Å². The molecule has 0 spiro atoms. The maximum absolute atomic E-state index is 11.1. The minimum Gasteiger partial charge on any atom is -0.496 e. The number of hydrogen-bond acceptors (Lipinski definition) is 5. The fraction of sp³-hybridized carbons (Fsp3) is 0.588. The van der Waals surface area contributed by atoms with Gasteiger partial charge in [0.05, 0.1) is 27.2 Å². The first-order chi connectivity index (χ1) is 11.0. The Bertz CT molecular complexity index is 518. The predicted molar refractivity (Wildman–Crippen MR) is 88.4 cm³/mol. The summed E-state index contributed by atoms with van der Waals surface area (Å²) in [6, 6.07) is 3.65. The first kappa shape index (κ1) is 19.1. The van der Waals surface area contributed by atoms with Crippen LogP contribution >= 0.6 is 0 Å². The van der Waals surface area contributed by atoms with E-state index in [9.17, 15) is 4.79 Å². The lowest BCUT2D eigenvalue weighted by atomic mass is 9.90. The van der Waals surface area contributed by atoms with Gasteiger partial charge in [-0.2, -0.15) is 0 Å². The lowest BCUT2D eigenvalue weighted by Gasteiger charge is -2.19. The van der Waals surface area contributed by atoms with Crippen molar-refractivity contribution in [2.24, 2.45) is 17.6 Å². The largest absolute Gasteiger partial charge is 0.496 e. The van der Waals surface area contributed by atoms with Gasteiger partial charge in [-0.1, -0.05) is 6.92 Å². The van der Waals surface area contributed by atoms with Gasteiger partial charge in [0.15, 0.2) is 11.5 Å². The fourth-order valence-corrected chi connectivity index (χ4v) is 2.69. The molecule has 0 radical (unpaired) electrons. The van der Waals surface area contributed by atoms with Gasteiger partial charge in [-0.3, -0.25) is 4.79 Å². The first-order valence-corrected chi connectivity index (χ1v) is 7.69. The molecule has 0 aromatic heterocycles. The third kappa shape index (κ3) is 5.03. The molecule has 130 valence electrons. The van der Waals surface area contributed by atoms with E-state index in [1.165, 1.54) is 0 Å². The Morgan fingerprint density at radius 2 is 1.78 bits per heavy atom. The molecule has 1 aromatic carbocycles. The van der Waals surface area contributed by atoms with E-state index in [0.717, 1.165) is 17.7 Å². The number of rotatable bonds is 10. The third-order valence-electron chi connectivity index (χ3n) is 4.03. The van der Waals surface area contributed by atoms with Crippen molar-refractivity contribution < 1.29 is 24.1 Å². The molecule has 2 unspecified atom stereocenters. The van der Waals surface area contributed by atoms with Crippen molar-refractivity contribution in [1.82, 2.24) is 0 Å². The second-order valence-corrected chi connectivity index (χ2v) is 5.63. The minimum absolute atomic E-state index is 0.158. The number of ether oxygens (including phenoxy) is 3. The molecule has 3 N–H and O–H groups in total. The maximum atomic E-state index is 11.1. The molecule has 6 nitrogen and oxygen atoms in total. The normalized spacial score (nSPS) is 13.3. The number of carboxylic acids is 1. The Kier molecular flexibility index (Phi) is 7.68. The molecule has 0 bridgehead atoms. The smallest absolute Gasteiger partial charge is 0.307 e. The zero-order valence-electron chi connectivity index (χ0n) is 14.3. The zero-order chi connectivity index (χ0) is 17.4. The van der Waals surface area contributed by atoms with E-state index < -0.39 is 11.9 Å². The van der Waals surface area contributed by atoms with E-state index >= 15 is 0 Å². The monoisotopic (exact) mass is 325 g/mol. The van der Waals surface area contributed by atoms with Crippen LogP contribution < -0.4 is 19.9 Å². The number of methoxy groups -OCH3 is 3. The predicted octanol–water partition coefficient (Wildman–Crippen LogP) is 2.33. The molecule has 0 aliphatic carbocycles. The molecular formula is C17H27NO5. The van der Waals surface area contributed by atoms with Crippen molar-refractivity contribution in [2.45, 2.75) is 26.2 Å². The molecule has 1 rings (SSSR count). The molecule has 1 aromatic rings. The average Bonchev–Trinajstić information content (AvgIpc) is 2.56. The summed E-state index contributed by atoms with van der Waals surface area (Å²) in [4.78, 5) is 11.1. The number of benzene rings is 1. The number of aliphatic carboxylic acids is 1. The summed E-state index contributed by atoms with van der Waals surface area (Å²) >= 11 is 0. The van der Waals surface area contributed by atoms with Crippen molar-refractivity contribution in [3.05, 3.63) is 17.7 Å². The van der Waals surface area contributed by atoms with Gasteiger partial charge >= 0.3 is 5.97 Å². The van der Waals surface area contributed by atoms with Gasteiger partial charge < -0.3 is 25.1 Å². The van der Waals surface area contributed by atoms with Crippen molar-refractivity contribution in [2.75, 3.05) is 27.9 Å². The van der Waals surface area contributed by atoms with Crippen molar-refractivity contribution in [1.29, 1.82) is 0 Å². The van der Waals surface area contributed by atoms with Gasteiger partial charge in [-0.25, -0.2) is 0 Å². The molecule has 0 fully saturated rings. The SMILES string of the molecule is COc1ccc(OC)c(OC)c1CCC(C)CC(CN)C(=O)O. The van der Waals surface area contributed by atoms with Crippen molar-refractivity contribution >= 4 is 5.97 Å². The maximum Gasteiger partial charge on any atom is 0.307 e. The molecule has 0 aliphatic heterocycles. The van der Waals surface area contributed by atoms with Crippen LogP contribution in [-0.4, -0.2) is 38.9 Å². The van der Waals surface area contributed by atoms with Crippen LogP contribution in [0.1, 0.15) is 25.3 Å². The van der Waals surface area contributed by atoms with Gasteiger partial charge in [0.2, 0.25) is 0 Å². The number of carbonyl (C=O) groups is 1. The molecular weight excluding hydrogens is 298 g/mol. The summed E-state index contributed by atoms with van der Waals surface area (Å²) in [6.07, 6.45) is 2.08. The Labute approximate surface area is 137 Å². The highest BCUT2D eigenvalue weighted by atomic mass is 16.5. The van der Waals surface area contributed by atoms with E-state index in [-0.39, 0.29) is 12.5 Å². The van der Waals surface area contributed by atoms with Crippen LogP contribution in [0.3, 0.4) is 0 Å². The average molecular weight is 325 g/mol. The van der Waals surface area contributed by atoms with Gasteiger partial charge in [-0.05, 0) is 37.3 Å². The van der Waals surface area contributed by atoms with Gasteiger partial charge in [-0.15, -0.1) is 0 Å². The second-order valence-electron chi connectivity index (χ2n) is 5.63. The summed E-state index contributed by atoms with van der Waals surface area (Å²) in [7, 11) is 4.80. The highest BCUT2D eigenvalue weighted by Gasteiger charge is 2.21. The zero-order valence-corrected chi connectivity index (χ0v) is 14.3. The van der Waals surface area contributed by atoms with E-state index in [0.29, 0.717) is 24.3 Å². The van der Waals surface area contributed by atoms with Crippen LogP contribution in [0, 0.1) is 11.8 Å². The lowest BCUT2D eigenvalue weighted by molar-refractivity contribution is -0.141. The number of nitrogens with two attached hydrogens (primary N) is 1. The molecule has 0 aliphatic rings. The van der Waals surface area contributed by atoms with E-state index in [1.54, 1.807) is 27.4 Å². The molecule has 23 heavy (non-hydrogen) atoms. The summed E-state index contributed by atoms with van der Waals surface area (Å²) in [6.45, 7) is 2.19. The van der Waals surface area contributed by atoms with Gasteiger partial charge in [0.25, 0.3) is 0 Å². The molecule has 0 amide bonds. The Balaban J connectivity index is 2.85. The van der Waals surface area contributed by atoms with Crippen molar-refractivity contribution in [3.63, 3.8) is 0 Å². The Morgan fingerprint density at radius 1 is 1.17 bits per heavy atom. The van der Waals surface area contributed by atoms with Crippen LogP contribution in [0.4, 0.5) is 0 Å². The summed E-state index contributed by atoms with van der Waals surface area (Å²) in [5.41, 5.74) is 6.45. The van der Waals surface area contributed by atoms with Gasteiger partial charge in [0.1, 0.15) is 5.75 Å². The van der Waals surface area contributed by atoms with Crippen LogP contribution in [0.25, 0.3) is 0 Å². The topological polar surface area (TPSA) is 91.0 Å². The highest BCUT2D eigenvalue weighted by Crippen LogP contribution is 2.38. The van der Waals surface area contributed by atoms with Crippen LogP contribution in [0.15, 0.2) is 12.1 Å². The first-order valence-electron chi connectivity index (χ1n) is 7.69. The Morgan fingerprint density at radius 3 is 2.26 bits per heavy atom. The summed E-state index contributed by atoms with van der Waals surface area (Å²) < 4.78 is 16.2. The summed E-state index contributed by atoms with van der Waals surface area (Å²) in [5.74, 6) is 0.938. The molecule has 0 saturated heterocycles. The standard InChI is InChI=1S/C17H27NO5/c1-11(9-12(10-18)17(19)20)5-6-13-14(21-2)7-8-15(22-3)16(13)23-4/h7-8,11-12H,5-6,9-10,18H2,1-4H3,(H,19,20). The molecule has 6 heteroatoms. The number of carboxylic acid groups (broad SMARTS) is 1. The quantitative estimate of drug-likeness (QED) is 0.686. The Hall–Kier alpha value is -1.95. The van der Waals surface area contributed by atoms with Crippen LogP contribution in [-0.2, 0) is 11.2 Å². The molecule has 0 saturated carbocycles. The van der Waals surface area contributed by atoms with Crippen LogP contribution in [0.5, 0.6) is 17.2 Å². The van der Waals surface area contributed by atoms with E-state index in [4.69, 9.17) is 25.1 Å². The second kappa shape index (κ2) is 9.25. The fourth-order valence-electron chi connectivity index (χ4n) is 2.69. The van der Waals surface area contributed by atoms with E-state index in [1.807, 2.05) is 13.0 Å². The third-order valence-corrected chi connectivity index (χ3v) is 4.03. The minimum atomic E-state index is -0.837. The molecule has 2 atom stereocenters. The number of hydrogen-bond donors (Lipinski definition) is 2. The van der Waals surface area contributed by atoms with Crippen LogP contribution in [0.2, 0.25) is 0 Å². The van der Waals surface area contributed by atoms with E-state index in [2.05, 4.69) is 0 Å². The highest BCUT2D eigenvalue weighted by molar-refractivity contribution is 5.70. The van der Waals surface area contributed by atoms with Gasteiger partial charge in [0, 0.05) is 12.1 Å². The lowest BCUT2D eigenvalue weighted by Crippen LogP contribution is -2.25. The summed E-state index contributed by atoms with van der Waals surface area (Å²) in [5, 5.41) is 9.10. The molecule has 0 heterocycles.